The largest absolute Gasteiger partial charge is 0.348 e. The van der Waals surface area contributed by atoms with Crippen LogP contribution in [0.4, 0.5) is 16.2 Å². The van der Waals surface area contributed by atoms with Crippen LogP contribution in [0.2, 0.25) is 0 Å². The van der Waals surface area contributed by atoms with Crippen molar-refractivity contribution >= 4 is 18.0 Å². The molecule has 6 rings (SSSR count). The van der Waals surface area contributed by atoms with Gasteiger partial charge in [-0.2, -0.15) is 15.1 Å². The highest BCUT2D eigenvalue weighted by Crippen LogP contribution is 2.48. The average Bonchev–Trinajstić information content (AvgIpc) is 3.05. The fourth-order valence-corrected chi connectivity index (χ4v) is 3.69. The third-order valence-electron chi connectivity index (χ3n) is 5.48. The van der Waals surface area contributed by atoms with Crippen molar-refractivity contribution in [1.82, 2.24) is 20.3 Å². The van der Waals surface area contributed by atoms with Gasteiger partial charge in [0, 0.05) is 11.0 Å². The molecule has 1 aliphatic carbocycles. The normalized spacial score (nSPS) is 24.5. The summed E-state index contributed by atoms with van der Waals surface area (Å²) in [5, 5.41) is 8.40. The molecule has 9 heteroatoms. The smallest absolute Gasteiger partial charge is 0.313 e. The van der Waals surface area contributed by atoms with Crippen LogP contribution < -0.4 is 9.91 Å². The molecular weight excluding hydrogens is 337 g/mol. The Hall–Kier alpha value is -3.10. The van der Waals surface area contributed by atoms with Crippen molar-refractivity contribution in [2.45, 2.75) is 31.3 Å². The maximum absolute atomic E-state index is 14.1. The lowest BCUT2D eigenvalue weighted by Crippen LogP contribution is -2.46. The molecule has 0 saturated heterocycles. The Morgan fingerprint density at radius 1 is 1.27 bits per heavy atom. The Balaban J connectivity index is 1.44. The molecule has 2 aromatic rings. The van der Waals surface area contributed by atoms with Crippen molar-refractivity contribution in [3.8, 4) is 0 Å². The predicted molar refractivity (Wildman–Crippen MR) is 91.3 cm³/mol. The Bertz CT molecular complexity index is 966. The van der Waals surface area contributed by atoms with Crippen LogP contribution in [0.1, 0.15) is 37.3 Å². The number of nitrogens with zero attached hydrogens (tertiary/aromatic N) is 7. The van der Waals surface area contributed by atoms with E-state index < -0.39 is 0 Å². The molecule has 1 aromatic heterocycles. The molecule has 132 valence electrons. The number of aromatic nitrogens is 2. The van der Waals surface area contributed by atoms with Gasteiger partial charge in [0.2, 0.25) is 0 Å². The van der Waals surface area contributed by atoms with E-state index in [1.807, 2.05) is 34.2 Å². The summed E-state index contributed by atoms with van der Waals surface area (Å²) in [5.74, 6) is 1.40. The number of fused-ring (bicyclic) bond motifs is 6. The summed E-state index contributed by atoms with van der Waals surface area (Å²) in [6.45, 7) is 2.26. The van der Waals surface area contributed by atoms with Crippen LogP contribution in [-0.2, 0) is 5.41 Å². The lowest BCUT2D eigenvalue weighted by Gasteiger charge is -2.41. The summed E-state index contributed by atoms with van der Waals surface area (Å²) >= 11 is 0. The number of rotatable bonds is 2. The van der Waals surface area contributed by atoms with Gasteiger partial charge in [-0.1, -0.05) is 34.8 Å². The Morgan fingerprint density at radius 3 is 2.96 bits per heavy atom. The first-order valence-electron chi connectivity index (χ1n) is 8.61. The molecule has 0 amide bonds. The van der Waals surface area contributed by atoms with Crippen molar-refractivity contribution in [2.75, 3.05) is 16.6 Å². The highest BCUT2D eigenvalue weighted by molar-refractivity contribution is 5.79. The van der Waals surface area contributed by atoms with E-state index in [0.29, 0.717) is 22.8 Å². The standard InChI is InChI=1S/C17H16FN7O/c1-17(6-7-17)15-20-16(26-21-15)24-9-19-14-11-4-2-3-5-12(11)23-10-22(18)8-13(23)25(14)24/h2-5,8-9,14H,6-7,10H2,1H3. The molecule has 1 fully saturated rings. The maximum Gasteiger partial charge on any atom is 0.348 e. The van der Waals surface area contributed by atoms with Crippen LogP contribution in [0, 0.1) is 0 Å². The zero-order valence-corrected chi connectivity index (χ0v) is 14.1. The van der Waals surface area contributed by atoms with Crippen LogP contribution in [0.25, 0.3) is 0 Å². The molecule has 0 bridgehead atoms. The molecule has 8 nitrogen and oxygen atoms in total. The summed E-state index contributed by atoms with van der Waals surface area (Å²) in [4.78, 5) is 11.1. The van der Waals surface area contributed by atoms with Gasteiger partial charge in [-0.3, -0.25) is 0 Å². The first-order chi connectivity index (χ1) is 12.6. The molecule has 4 aliphatic rings. The lowest BCUT2D eigenvalue weighted by atomic mass is 10.1. The van der Waals surface area contributed by atoms with E-state index in [2.05, 4.69) is 22.1 Å². The van der Waals surface area contributed by atoms with Gasteiger partial charge < -0.3 is 9.42 Å². The summed E-state index contributed by atoms with van der Waals surface area (Å²) in [5.41, 5.74) is 1.98. The van der Waals surface area contributed by atoms with Crippen molar-refractivity contribution in [2.24, 2.45) is 4.99 Å². The molecule has 1 atom stereocenters. The summed E-state index contributed by atoms with van der Waals surface area (Å²) in [6.07, 6.45) is 4.97. The minimum Gasteiger partial charge on any atom is -0.313 e. The van der Waals surface area contributed by atoms with E-state index in [0.717, 1.165) is 24.1 Å². The fourth-order valence-electron chi connectivity index (χ4n) is 3.69. The Morgan fingerprint density at radius 2 is 2.12 bits per heavy atom. The Labute approximate surface area is 148 Å². The lowest BCUT2D eigenvalue weighted by molar-refractivity contribution is 0.104. The SMILES string of the molecule is CC1(c2noc(N3C=NC4c5ccccc5N5CN(F)C=C5N43)n2)CC1. The molecule has 1 saturated carbocycles. The molecule has 0 radical (unpaired) electrons. The molecule has 3 aliphatic heterocycles. The summed E-state index contributed by atoms with van der Waals surface area (Å²) in [6, 6.07) is 8.25. The number of hydrazine groups is 1. The van der Waals surface area contributed by atoms with Gasteiger partial charge >= 0.3 is 6.01 Å². The number of para-hydroxylation sites is 1. The number of halogens is 1. The van der Waals surface area contributed by atoms with E-state index in [1.54, 1.807) is 11.3 Å². The molecule has 1 aromatic carbocycles. The third-order valence-corrected chi connectivity index (χ3v) is 5.48. The first kappa shape index (κ1) is 14.1. The number of hydrogen-bond donors (Lipinski definition) is 0. The van der Waals surface area contributed by atoms with Gasteiger partial charge in [-0.05, 0) is 18.9 Å². The second kappa shape index (κ2) is 4.54. The van der Waals surface area contributed by atoms with Crippen LogP contribution in [0.5, 0.6) is 0 Å². The van der Waals surface area contributed by atoms with Crippen LogP contribution >= 0.6 is 0 Å². The second-order valence-electron chi connectivity index (χ2n) is 7.30. The van der Waals surface area contributed by atoms with Crippen LogP contribution in [0.15, 0.2) is 45.8 Å². The molecule has 26 heavy (non-hydrogen) atoms. The summed E-state index contributed by atoms with van der Waals surface area (Å²) in [7, 11) is 0. The fraction of sp³-hybridized carbons (Fsp3) is 0.353. The highest BCUT2D eigenvalue weighted by atomic mass is 19.2. The number of anilines is 2. The van der Waals surface area contributed by atoms with Crippen molar-refractivity contribution < 1.29 is 9.00 Å². The minimum absolute atomic E-state index is 0.0148. The van der Waals surface area contributed by atoms with Gasteiger partial charge in [-0.15, -0.1) is 0 Å². The second-order valence-corrected chi connectivity index (χ2v) is 7.30. The monoisotopic (exact) mass is 353 g/mol. The molecular formula is C17H16FN7O. The van der Waals surface area contributed by atoms with Gasteiger partial charge in [0.1, 0.15) is 13.0 Å². The predicted octanol–water partition coefficient (Wildman–Crippen LogP) is 2.66. The van der Waals surface area contributed by atoms with Gasteiger partial charge in [0.25, 0.3) is 0 Å². The van der Waals surface area contributed by atoms with E-state index in [4.69, 9.17) is 4.52 Å². The average molecular weight is 353 g/mol. The molecule has 0 N–H and O–H groups in total. The van der Waals surface area contributed by atoms with Crippen LogP contribution in [-0.4, -0.2) is 33.3 Å². The minimum atomic E-state index is -0.285. The zero-order valence-electron chi connectivity index (χ0n) is 14.1. The van der Waals surface area contributed by atoms with Crippen molar-refractivity contribution in [3.05, 3.63) is 47.7 Å². The summed E-state index contributed by atoms with van der Waals surface area (Å²) < 4.78 is 19.6. The quantitative estimate of drug-likeness (QED) is 0.769. The van der Waals surface area contributed by atoms with E-state index in [-0.39, 0.29) is 18.2 Å². The zero-order chi connectivity index (χ0) is 17.5. The van der Waals surface area contributed by atoms with E-state index >= 15 is 0 Å². The van der Waals surface area contributed by atoms with Gasteiger partial charge in [-0.25, -0.2) is 10.0 Å². The Kier molecular flexibility index (Phi) is 2.46. The first-order valence-corrected chi connectivity index (χ1v) is 8.61. The highest BCUT2D eigenvalue weighted by Gasteiger charge is 2.47. The number of aliphatic imine (C=N–C) groups is 1. The number of benzene rings is 1. The maximum atomic E-state index is 14.1. The van der Waals surface area contributed by atoms with E-state index in [1.165, 1.54) is 6.20 Å². The topological polar surface area (TPSA) is 64.2 Å². The molecule has 0 spiro atoms. The van der Waals surface area contributed by atoms with E-state index in [9.17, 15) is 4.48 Å². The van der Waals surface area contributed by atoms with Crippen LogP contribution in [0.3, 0.4) is 0 Å². The van der Waals surface area contributed by atoms with Crippen molar-refractivity contribution in [3.63, 3.8) is 0 Å². The van der Waals surface area contributed by atoms with Gasteiger partial charge in [0.15, 0.2) is 17.8 Å². The van der Waals surface area contributed by atoms with Crippen molar-refractivity contribution in [1.29, 1.82) is 0 Å². The third kappa shape index (κ3) is 1.74. The number of hydrogen-bond acceptors (Lipinski definition) is 8. The van der Waals surface area contributed by atoms with Gasteiger partial charge in [0.05, 0.1) is 11.9 Å². The molecule has 4 heterocycles. The molecule has 1 unspecified atom stereocenters.